The van der Waals surface area contributed by atoms with Gasteiger partial charge in [0.25, 0.3) is 0 Å². The summed E-state index contributed by atoms with van der Waals surface area (Å²) in [6.07, 6.45) is 8.13. The number of aromatic nitrogens is 2. The lowest BCUT2D eigenvalue weighted by molar-refractivity contribution is 0.216. The maximum Gasteiger partial charge on any atom is 0.0538 e. The van der Waals surface area contributed by atoms with Gasteiger partial charge < -0.3 is 10.2 Å². The number of likely N-dealkylation sites (N-methyl/N-ethyl adjacent to an activating group) is 1. The van der Waals surface area contributed by atoms with Gasteiger partial charge in [0.05, 0.1) is 6.20 Å². The van der Waals surface area contributed by atoms with Crippen molar-refractivity contribution in [3.05, 3.63) is 18.0 Å². The lowest BCUT2D eigenvalue weighted by Crippen LogP contribution is -2.40. The van der Waals surface area contributed by atoms with Gasteiger partial charge in [-0.05, 0) is 45.2 Å². The standard InChI is InChI=1S/C16H30N4/c1-12-6-13(2)8-15(7-12)17-10-16(19(3)4)14-9-18-20(5)11-14/h9,11-13,15-17H,6-8,10H2,1-5H3/t12-,13+,15?,16-/m0/s1. The van der Waals surface area contributed by atoms with E-state index in [0.717, 1.165) is 18.4 Å². The third-order valence-corrected chi connectivity index (χ3v) is 4.51. The van der Waals surface area contributed by atoms with Gasteiger partial charge in [0.1, 0.15) is 0 Å². The highest BCUT2D eigenvalue weighted by molar-refractivity contribution is 5.11. The minimum Gasteiger partial charge on any atom is -0.312 e. The molecule has 4 atom stereocenters. The first-order valence-electron chi connectivity index (χ1n) is 7.84. The Hall–Kier alpha value is -0.870. The summed E-state index contributed by atoms with van der Waals surface area (Å²) in [7, 11) is 6.27. The zero-order valence-electron chi connectivity index (χ0n) is 13.6. The van der Waals surface area contributed by atoms with E-state index in [4.69, 9.17) is 0 Å². The Morgan fingerprint density at radius 2 is 1.95 bits per heavy atom. The summed E-state index contributed by atoms with van der Waals surface area (Å²) >= 11 is 0. The predicted molar refractivity (Wildman–Crippen MR) is 83.6 cm³/mol. The van der Waals surface area contributed by atoms with Crippen LogP contribution in [0.1, 0.15) is 44.7 Å². The first kappa shape index (κ1) is 15.5. The van der Waals surface area contributed by atoms with Crippen LogP contribution in [0.2, 0.25) is 0 Å². The third-order valence-electron chi connectivity index (χ3n) is 4.51. The number of nitrogens with one attached hydrogen (secondary N) is 1. The molecule has 0 spiro atoms. The van der Waals surface area contributed by atoms with Crippen LogP contribution >= 0.6 is 0 Å². The number of rotatable bonds is 5. The average Bonchev–Trinajstić information content (AvgIpc) is 2.74. The van der Waals surface area contributed by atoms with Crippen molar-refractivity contribution < 1.29 is 0 Å². The maximum atomic E-state index is 4.30. The molecule has 0 radical (unpaired) electrons. The Bertz CT molecular complexity index is 402. The highest BCUT2D eigenvalue weighted by atomic mass is 15.2. The molecular formula is C16H30N4. The molecule has 1 aliphatic carbocycles. The van der Waals surface area contributed by atoms with E-state index < -0.39 is 0 Å². The minimum absolute atomic E-state index is 0.399. The monoisotopic (exact) mass is 278 g/mol. The summed E-state index contributed by atoms with van der Waals surface area (Å²) < 4.78 is 1.89. The van der Waals surface area contributed by atoms with E-state index in [9.17, 15) is 0 Å². The van der Waals surface area contributed by atoms with E-state index in [-0.39, 0.29) is 0 Å². The van der Waals surface area contributed by atoms with Crippen LogP contribution in [0.15, 0.2) is 12.4 Å². The number of hydrogen-bond donors (Lipinski definition) is 1. The third kappa shape index (κ3) is 4.06. The number of nitrogens with zero attached hydrogens (tertiary/aromatic N) is 3. The fourth-order valence-corrected chi connectivity index (χ4v) is 3.60. The second-order valence-electron chi connectivity index (χ2n) is 6.95. The molecule has 1 unspecified atom stereocenters. The molecule has 1 N–H and O–H groups in total. The average molecular weight is 278 g/mol. The molecule has 2 rings (SSSR count). The van der Waals surface area contributed by atoms with Crippen molar-refractivity contribution in [3.63, 3.8) is 0 Å². The topological polar surface area (TPSA) is 33.1 Å². The van der Waals surface area contributed by atoms with Crippen molar-refractivity contribution in [1.29, 1.82) is 0 Å². The van der Waals surface area contributed by atoms with Crippen molar-refractivity contribution in [2.45, 2.75) is 45.2 Å². The molecule has 1 fully saturated rings. The summed E-state index contributed by atoms with van der Waals surface area (Å²) in [5.74, 6) is 1.71. The van der Waals surface area contributed by atoms with E-state index in [0.29, 0.717) is 12.1 Å². The molecule has 4 heteroatoms. The molecule has 1 heterocycles. The van der Waals surface area contributed by atoms with Crippen LogP contribution in [0, 0.1) is 11.8 Å². The van der Waals surface area contributed by atoms with Crippen LogP contribution < -0.4 is 5.32 Å². The predicted octanol–water partition coefficient (Wildman–Crippen LogP) is 2.44. The van der Waals surface area contributed by atoms with Crippen LogP contribution in [-0.2, 0) is 7.05 Å². The Morgan fingerprint density at radius 1 is 1.30 bits per heavy atom. The van der Waals surface area contributed by atoms with Crippen molar-refractivity contribution in [2.24, 2.45) is 18.9 Å². The van der Waals surface area contributed by atoms with Gasteiger partial charge in [-0.15, -0.1) is 0 Å². The normalized spacial score (nSPS) is 28.8. The Morgan fingerprint density at radius 3 is 2.45 bits per heavy atom. The molecule has 1 aliphatic rings. The molecule has 1 aromatic heterocycles. The highest BCUT2D eigenvalue weighted by Crippen LogP contribution is 2.29. The molecule has 0 amide bonds. The molecule has 1 aromatic rings. The lowest BCUT2D eigenvalue weighted by Gasteiger charge is -2.34. The van der Waals surface area contributed by atoms with Crippen molar-refractivity contribution in [1.82, 2.24) is 20.0 Å². The summed E-state index contributed by atoms with van der Waals surface area (Å²) in [6, 6.07) is 1.07. The maximum absolute atomic E-state index is 4.30. The van der Waals surface area contributed by atoms with Gasteiger partial charge in [-0.3, -0.25) is 4.68 Å². The van der Waals surface area contributed by atoms with Gasteiger partial charge in [-0.25, -0.2) is 0 Å². The van der Waals surface area contributed by atoms with Gasteiger partial charge in [0.2, 0.25) is 0 Å². The lowest BCUT2D eigenvalue weighted by atomic mass is 9.80. The Labute approximate surface area is 123 Å². The zero-order chi connectivity index (χ0) is 14.7. The molecule has 4 nitrogen and oxygen atoms in total. The van der Waals surface area contributed by atoms with Crippen molar-refractivity contribution >= 4 is 0 Å². The first-order valence-corrected chi connectivity index (χ1v) is 7.84. The SMILES string of the molecule is C[C@@H]1CC(NC[C@@H](c2cnn(C)c2)N(C)C)C[C@H](C)C1. The van der Waals surface area contributed by atoms with Crippen LogP contribution in [-0.4, -0.2) is 41.4 Å². The molecule has 0 aromatic carbocycles. The van der Waals surface area contributed by atoms with Gasteiger partial charge in [0, 0.05) is 37.4 Å². The van der Waals surface area contributed by atoms with Crippen molar-refractivity contribution in [2.75, 3.05) is 20.6 Å². The highest BCUT2D eigenvalue weighted by Gasteiger charge is 2.25. The van der Waals surface area contributed by atoms with E-state index >= 15 is 0 Å². The summed E-state index contributed by atoms with van der Waals surface area (Å²) in [4.78, 5) is 2.28. The first-order chi connectivity index (χ1) is 9.45. The number of hydrogen-bond acceptors (Lipinski definition) is 3. The van der Waals surface area contributed by atoms with Crippen molar-refractivity contribution in [3.8, 4) is 0 Å². The largest absolute Gasteiger partial charge is 0.312 e. The quantitative estimate of drug-likeness (QED) is 0.898. The smallest absolute Gasteiger partial charge is 0.0538 e. The molecule has 1 saturated carbocycles. The Kier molecular flexibility index (Phi) is 5.22. The molecule has 0 saturated heterocycles. The fraction of sp³-hybridized carbons (Fsp3) is 0.812. The van der Waals surface area contributed by atoms with E-state index in [1.165, 1.54) is 24.8 Å². The zero-order valence-corrected chi connectivity index (χ0v) is 13.6. The summed E-state index contributed by atoms with van der Waals surface area (Å²) in [5.41, 5.74) is 1.29. The summed E-state index contributed by atoms with van der Waals surface area (Å²) in [5, 5.41) is 8.09. The van der Waals surface area contributed by atoms with Gasteiger partial charge in [0.15, 0.2) is 0 Å². The second-order valence-corrected chi connectivity index (χ2v) is 6.95. The number of aryl methyl sites for hydroxylation is 1. The molecular weight excluding hydrogens is 248 g/mol. The van der Waals surface area contributed by atoms with E-state index in [2.05, 4.69) is 49.5 Å². The molecule has 114 valence electrons. The Balaban J connectivity index is 1.92. The molecule has 20 heavy (non-hydrogen) atoms. The van der Waals surface area contributed by atoms with E-state index in [1.54, 1.807) is 0 Å². The molecule has 0 aliphatic heterocycles. The second kappa shape index (κ2) is 6.72. The van der Waals surface area contributed by atoms with Gasteiger partial charge >= 0.3 is 0 Å². The van der Waals surface area contributed by atoms with Gasteiger partial charge in [-0.1, -0.05) is 13.8 Å². The minimum atomic E-state index is 0.399. The van der Waals surface area contributed by atoms with Crippen LogP contribution in [0.4, 0.5) is 0 Å². The summed E-state index contributed by atoms with van der Waals surface area (Å²) in [6.45, 7) is 5.77. The van der Waals surface area contributed by atoms with E-state index in [1.807, 2.05) is 17.9 Å². The van der Waals surface area contributed by atoms with Gasteiger partial charge in [-0.2, -0.15) is 5.10 Å². The van der Waals surface area contributed by atoms with Crippen LogP contribution in [0.3, 0.4) is 0 Å². The van der Waals surface area contributed by atoms with Crippen LogP contribution in [0.5, 0.6) is 0 Å². The fourth-order valence-electron chi connectivity index (χ4n) is 3.60. The van der Waals surface area contributed by atoms with Crippen LogP contribution in [0.25, 0.3) is 0 Å². The molecule has 0 bridgehead atoms.